The first-order valence-corrected chi connectivity index (χ1v) is 29.5. The molecule has 0 aromatic heterocycles. The Morgan fingerprint density at radius 1 is 0.442 bits per heavy atom. The molecule has 434 valence electrons. The molecule has 0 aromatic rings. The number of allylic oxidation sites excluding steroid dienone is 20. The van der Waals surface area contributed by atoms with Crippen molar-refractivity contribution < 1.29 is 58.2 Å². The predicted octanol–water partition coefficient (Wildman–Crippen LogP) is 15.2. The van der Waals surface area contributed by atoms with Crippen LogP contribution in [-0.4, -0.2) is 89.2 Å². The van der Waals surface area contributed by atoms with E-state index in [4.69, 9.17) is 23.7 Å². The minimum absolute atomic E-state index is 0.0283. The van der Waals surface area contributed by atoms with Crippen LogP contribution in [0.3, 0.4) is 0 Å². The highest BCUT2D eigenvalue weighted by Gasteiger charge is 2.50. The molecule has 6 atom stereocenters. The van der Waals surface area contributed by atoms with Gasteiger partial charge in [0.2, 0.25) is 0 Å². The second-order valence-corrected chi connectivity index (χ2v) is 19.5. The molecule has 77 heavy (non-hydrogen) atoms. The van der Waals surface area contributed by atoms with E-state index in [0.29, 0.717) is 25.7 Å². The molecule has 12 nitrogen and oxygen atoms in total. The van der Waals surface area contributed by atoms with Crippen molar-refractivity contribution in [2.45, 2.75) is 250 Å². The molecule has 0 saturated carbocycles. The minimum Gasteiger partial charge on any atom is -0.479 e. The normalized spacial score (nSPS) is 18.9. The van der Waals surface area contributed by atoms with Gasteiger partial charge >= 0.3 is 23.9 Å². The molecule has 0 amide bonds. The largest absolute Gasteiger partial charge is 0.479 e. The number of ether oxygens (including phenoxy) is 5. The molecule has 1 rings (SSSR count). The van der Waals surface area contributed by atoms with Crippen LogP contribution < -0.4 is 0 Å². The molecule has 6 unspecified atom stereocenters. The Bertz CT molecular complexity index is 1800. The molecule has 0 bridgehead atoms. The average molecular weight is 1080 g/mol. The third kappa shape index (κ3) is 41.8. The zero-order valence-corrected chi connectivity index (χ0v) is 47.7. The van der Waals surface area contributed by atoms with E-state index in [9.17, 15) is 34.5 Å². The van der Waals surface area contributed by atoms with Crippen molar-refractivity contribution in [3.63, 3.8) is 0 Å². The molecular weight excluding hydrogens is 973 g/mol. The third-order valence-electron chi connectivity index (χ3n) is 12.5. The standard InChI is InChI=1S/C65H102O12/c1-4-7-10-13-16-19-22-25-27-28-29-30-32-35-38-41-44-47-50-53-59(68)76-63-61(70)60(69)62(64(71)72)77-65(63)74-55-56(75-58(67)52-49-46-43-40-37-33-24-21-18-15-12-9-6-3)54-73-57(66)51-48-45-42-39-36-34-31-26-23-20-17-14-11-8-5-2/h7,9-10,12,16-21,25-27,29-31,33,37,43,46,56,60-63,65,69-70H,4-6,8,11,13-15,22-24,28,32,34-36,38-42,44-45,47-55H2,1-3H3,(H,71,72)/b10-7-,12-9-,19-16-,20-17-,21-18-,27-25-,30-29-,31-26-,37-33-,46-43-. The Morgan fingerprint density at radius 2 is 0.844 bits per heavy atom. The molecule has 3 N–H and O–H groups in total. The van der Waals surface area contributed by atoms with Crippen LogP contribution in [0, 0.1) is 0 Å². The lowest BCUT2D eigenvalue weighted by Crippen LogP contribution is -2.61. The lowest BCUT2D eigenvalue weighted by molar-refractivity contribution is -0.301. The van der Waals surface area contributed by atoms with Crippen LogP contribution >= 0.6 is 0 Å². The number of carboxylic acid groups (broad SMARTS) is 1. The molecule has 0 aromatic carbocycles. The quantitative estimate of drug-likeness (QED) is 0.0228. The molecule has 1 fully saturated rings. The number of aliphatic hydroxyl groups is 2. The topological polar surface area (TPSA) is 175 Å². The van der Waals surface area contributed by atoms with Crippen LogP contribution in [0.2, 0.25) is 0 Å². The zero-order chi connectivity index (χ0) is 56.1. The number of carboxylic acids is 1. The fourth-order valence-corrected chi connectivity index (χ4v) is 8.05. The molecule has 12 heteroatoms. The summed E-state index contributed by atoms with van der Waals surface area (Å²) in [4.78, 5) is 51.1. The fraction of sp³-hybridized carbons (Fsp3) is 0.631. The van der Waals surface area contributed by atoms with Gasteiger partial charge in [-0.25, -0.2) is 4.79 Å². The van der Waals surface area contributed by atoms with E-state index in [1.165, 1.54) is 19.3 Å². The van der Waals surface area contributed by atoms with Gasteiger partial charge in [0.25, 0.3) is 0 Å². The fourth-order valence-electron chi connectivity index (χ4n) is 8.05. The first-order valence-electron chi connectivity index (χ1n) is 29.5. The van der Waals surface area contributed by atoms with Gasteiger partial charge in [0, 0.05) is 19.3 Å². The summed E-state index contributed by atoms with van der Waals surface area (Å²) in [7, 11) is 0. The molecule has 1 aliphatic heterocycles. The van der Waals surface area contributed by atoms with Gasteiger partial charge in [-0.3, -0.25) is 14.4 Å². The van der Waals surface area contributed by atoms with Gasteiger partial charge in [-0.05, 0) is 116 Å². The number of rotatable bonds is 48. The minimum atomic E-state index is -1.93. The molecular formula is C65H102O12. The van der Waals surface area contributed by atoms with E-state index < -0.39 is 67.3 Å². The lowest BCUT2D eigenvalue weighted by Gasteiger charge is -2.40. The first kappa shape index (κ1) is 70.1. The summed E-state index contributed by atoms with van der Waals surface area (Å²) in [5, 5.41) is 31.5. The highest BCUT2D eigenvalue weighted by Crippen LogP contribution is 2.26. The van der Waals surface area contributed by atoms with E-state index in [-0.39, 0.29) is 25.9 Å². The van der Waals surface area contributed by atoms with E-state index in [1.807, 2.05) is 12.2 Å². The summed E-state index contributed by atoms with van der Waals surface area (Å²) in [5.74, 6) is -3.28. The Balaban J connectivity index is 2.73. The van der Waals surface area contributed by atoms with Crippen molar-refractivity contribution >= 4 is 23.9 Å². The van der Waals surface area contributed by atoms with Gasteiger partial charge in [0.1, 0.15) is 18.8 Å². The number of carbonyl (C=O) groups excluding carboxylic acids is 3. The zero-order valence-electron chi connectivity index (χ0n) is 47.7. The summed E-state index contributed by atoms with van der Waals surface area (Å²) < 4.78 is 28.3. The Hall–Kier alpha value is -4.88. The van der Waals surface area contributed by atoms with Crippen molar-refractivity contribution in [3.8, 4) is 0 Å². The number of aliphatic carboxylic acids is 1. The van der Waals surface area contributed by atoms with Crippen LogP contribution in [0.15, 0.2) is 122 Å². The first-order chi connectivity index (χ1) is 37.6. The predicted molar refractivity (Wildman–Crippen MR) is 312 cm³/mol. The number of esters is 3. The molecule has 0 radical (unpaired) electrons. The molecule has 0 spiro atoms. The molecule has 1 aliphatic rings. The summed E-state index contributed by atoms with van der Waals surface area (Å²) in [6.07, 6.45) is 58.9. The Kier molecular flexibility index (Phi) is 47.2. The number of carbonyl (C=O) groups is 4. The van der Waals surface area contributed by atoms with Crippen molar-refractivity contribution in [1.82, 2.24) is 0 Å². The van der Waals surface area contributed by atoms with Crippen LogP contribution in [-0.2, 0) is 42.9 Å². The summed E-state index contributed by atoms with van der Waals surface area (Å²) in [5.41, 5.74) is 0. The Morgan fingerprint density at radius 3 is 1.30 bits per heavy atom. The second kappa shape index (κ2) is 51.9. The maximum absolute atomic E-state index is 13.1. The maximum Gasteiger partial charge on any atom is 0.335 e. The lowest BCUT2D eigenvalue weighted by atomic mass is 9.98. The monoisotopic (exact) mass is 1070 g/mol. The van der Waals surface area contributed by atoms with Gasteiger partial charge in [0.05, 0.1) is 6.61 Å². The van der Waals surface area contributed by atoms with Gasteiger partial charge < -0.3 is 39.0 Å². The van der Waals surface area contributed by atoms with Crippen LogP contribution in [0.25, 0.3) is 0 Å². The van der Waals surface area contributed by atoms with E-state index in [0.717, 1.165) is 128 Å². The molecule has 1 saturated heterocycles. The van der Waals surface area contributed by atoms with Crippen molar-refractivity contribution in [2.75, 3.05) is 13.2 Å². The van der Waals surface area contributed by atoms with Crippen molar-refractivity contribution in [3.05, 3.63) is 122 Å². The smallest absolute Gasteiger partial charge is 0.335 e. The SMILES string of the molecule is CC/C=C\C/C=C\C/C=C\C/C=C\CCCCCCCCC(=O)OC1C(OCC(COC(=O)CCCCCCC/C=C\C/C=C\CCCCC)OC(=O)CC/C=C\C/C=C\C/C=C\C/C=C\CC)OC(C(=O)O)C(O)C1O. The molecule has 0 aliphatic carbocycles. The number of aliphatic hydroxyl groups excluding tert-OH is 2. The number of hydrogen-bond acceptors (Lipinski definition) is 11. The summed E-state index contributed by atoms with van der Waals surface area (Å²) in [6.45, 7) is 5.64. The second-order valence-electron chi connectivity index (χ2n) is 19.5. The van der Waals surface area contributed by atoms with Gasteiger partial charge in [0.15, 0.2) is 24.6 Å². The van der Waals surface area contributed by atoms with Crippen LogP contribution in [0.5, 0.6) is 0 Å². The summed E-state index contributed by atoms with van der Waals surface area (Å²) in [6, 6.07) is 0. The third-order valence-corrected chi connectivity index (χ3v) is 12.5. The van der Waals surface area contributed by atoms with Crippen LogP contribution in [0.1, 0.15) is 213 Å². The highest BCUT2D eigenvalue weighted by molar-refractivity contribution is 5.74. The number of hydrogen-bond donors (Lipinski definition) is 3. The van der Waals surface area contributed by atoms with E-state index in [2.05, 4.69) is 130 Å². The maximum atomic E-state index is 13.1. The Labute approximate surface area is 465 Å². The van der Waals surface area contributed by atoms with Gasteiger partial charge in [-0.15, -0.1) is 0 Å². The van der Waals surface area contributed by atoms with Crippen molar-refractivity contribution in [2.24, 2.45) is 0 Å². The highest BCUT2D eigenvalue weighted by atomic mass is 16.7. The average Bonchev–Trinajstić information content (AvgIpc) is 3.42. The van der Waals surface area contributed by atoms with Gasteiger partial charge in [-0.2, -0.15) is 0 Å². The number of unbranched alkanes of at least 4 members (excludes halogenated alkanes) is 14. The van der Waals surface area contributed by atoms with E-state index >= 15 is 0 Å². The molecule has 1 heterocycles. The summed E-state index contributed by atoms with van der Waals surface area (Å²) >= 11 is 0. The van der Waals surface area contributed by atoms with Crippen LogP contribution in [0.4, 0.5) is 0 Å². The van der Waals surface area contributed by atoms with Crippen molar-refractivity contribution in [1.29, 1.82) is 0 Å². The van der Waals surface area contributed by atoms with E-state index in [1.54, 1.807) is 0 Å². The van der Waals surface area contributed by atoms with Gasteiger partial charge in [-0.1, -0.05) is 200 Å².